The van der Waals surface area contributed by atoms with Gasteiger partial charge in [-0.3, -0.25) is 4.79 Å². The van der Waals surface area contributed by atoms with Crippen LogP contribution < -0.4 is 15.2 Å². The molecule has 0 spiro atoms. The molecule has 0 atom stereocenters. The van der Waals surface area contributed by atoms with Crippen molar-refractivity contribution in [2.45, 2.75) is 6.42 Å². The van der Waals surface area contributed by atoms with Crippen molar-refractivity contribution in [3.63, 3.8) is 0 Å². The Hall–Kier alpha value is -3.44. The third kappa shape index (κ3) is 6.03. The second kappa shape index (κ2) is 10.5. The number of hydrogen-bond acceptors (Lipinski definition) is 3. The van der Waals surface area contributed by atoms with Gasteiger partial charge in [0, 0.05) is 5.69 Å². The minimum atomic E-state index is -0.0323. The summed E-state index contributed by atoms with van der Waals surface area (Å²) in [6.45, 7) is 5.00. The van der Waals surface area contributed by atoms with Crippen molar-refractivity contribution in [1.82, 2.24) is 5.43 Å². The largest absolute Gasteiger partial charge is 0.360 e. The zero-order valence-electron chi connectivity index (χ0n) is 17.7. The van der Waals surface area contributed by atoms with Crippen LogP contribution in [0.2, 0.25) is 0 Å². The fraction of sp³-hybridized carbons (Fsp3) is 0.231. The molecule has 1 saturated heterocycles. The van der Waals surface area contributed by atoms with Gasteiger partial charge >= 0.3 is 0 Å². The summed E-state index contributed by atoms with van der Waals surface area (Å²) in [5, 5.41) is 4.12. The molecule has 31 heavy (non-hydrogen) atoms. The van der Waals surface area contributed by atoms with Gasteiger partial charge in [0.1, 0.15) is 0 Å². The van der Waals surface area contributed by atoms with E-state index in [1.54, 1.807) is 6.21 Å². The molecule has 1 aliphatic heterocycles. The summed E-state index contributed by atoms with van der Waals surface area (Å²) >= 11 is 0. The lowest BCUT2D eigenvalue weighted by atomic mass is 10.0. The van der Waals surface area contributed by atoms with Crippen LogP contribution in [0.1, 0.15) is 12.0 Å². The van der Waals surface area contributed by atoms with E-state index in [0.29, 0.717) is 6.42 Å². The number of nitrogens with zero attached hydrogens (tertiary/aromatic N) is 2. The second-order valence-electron chi connectivity index (χ2n) is 7.85. The Morgan fingerprint density at radius 1 is 0.871 bits per heavy atom. The van der Waals surface area contributed by atoms with Crippen molar-refractivity contribution < 1.29 is 9.69 Å². The van der Waals surface area contributed by atoms with Crippen molar-refractivity contribution >= 4 is 17.8 Å². The predicted octanol–water partition coefficient (Wildman–Crippen LogP) is 2.60. The van der Waals surface area contributed by atoms with E-state index in [-0.39, 0.29) is 5.91 Å². The first-order valence-electron chi connectivity index (χ1n) is 10.9. The molecule has 158 valence electrons. The Morgan fingerprint density at radius 3 is 2.16 bits per heavy atom. The molecule has 1 fully saturated rings. The van der Waals surface area contributed by atoms with Gasteiger partial charge in [0.15, 0.2) is 0 Å². The molecule has 0 radical (unpaired) electrons. The Labute approximate surface area is 184 Å². The Balaban J connectivity index is 1.17. The van der Waals surface area contributed by atoms with Crippen molar-refractivity contribution in [3.8, 4) is 11.1 Å². The molecule has 1 heterocycles. The van der Waals surface area contributed by atoms with Crippen molar-refractivity contribution in [2.75, 3.05) is 37.6 Å². The molecule has 1 amide bonds. The molecule has 4 rings (SSSR count). The molecule has 0 unspecified atom stereocenters. The van der Waals surface area contributed by atoms with Crippen LogP contribution in [0.3, 0.4) is 0 Å². The zero-order chi connectivity index (χ0) is 21.3. The standard InChI is InChI=1S/C26H28N4O/c31-26(15-16-29-17-19-30(20-18-29)25-9-5-2-6-10-25)28-27-21-22-11-13-24(14-12-22)23-7-3-1-4-8-23/h1-14,21H,15-20H2,(H,28,31)/p+1/b27-21-. The number of anilines is 1. The topological polar surface area (TPSA) is 49.1 Å². The van der Waals surface area contributed by atoms with Crippen LogP contribution in [0.4, 0.5) is 5.69 Å². The van der Waals surface area contributed by atoms with E-state index >= 15 is 0 Å². The number of quaternary nitrogens is 1. The van der Waals surface area contributed by atoms with Gasteiger partial charge in [-0.2, -0.15) is 5.10 Å². The van der Waals surface area contributed by atoms with Crippen LogP contribution in [-0.2, 0) is 4.79 Å². The van der Waals surface area contributed by atoms with E-state index in [0.717, 1.165) is 43.9 Å². The summed E-state index contributed by atoms with van der Waals surface area (Å²) in [6.07, 6.45) is 2.18. The van der Waals surface area contributed by atoms with Crippen molar-refractivity contribution in [1.29, 1.82) is 0 Å². The predicted molar refractivity (Wildman–Crippen MR) is 126 cm³/mol. The number of nitrogens with one attached hydrogen (secondary N) is 2. The van der Waals surface area contributed by atoms with E-state index in [9.17, 15) is 4.79 Å². The minimum Gasteiger partial charge on any atom is -0.360 e. The van der Waals surface area contributed by atoms with Gasteiger partial charge in [0.25, 0.3) is 0 Å². The van der Waals surface area contributed by atoms with Crippen LogP contribution in [0.25, 0.3) is 11.1 Å². The maximum Gasteiger partial charge on any atom is 0.245 e. The number of carbonyl (C=O) groups is 1. The van der Waals surface area contributed by atoms with Crippen LogP contribution in [0.15, 0.2) is 90.0 Å². The molecular formula is C26H29N4O+. The maximum absolute atomic E-state index is 12.2. The molecule has 3 aromatic carbocycles. The van der Waals surface area contributed by atoms with Gasteiger partial charge in [-0.25, -0.2) is 5.43 Å². The van der Waals surface area contributed by atoms with Gasteiger partial charge in [-0.15, -0.1) is 0 Å². The number of piperazine rings is 1. The maximum atomic E-state index is 12.2. The van der Waals surface area contributed by atoms with Crippen LogP contribution >= 0.6 is 0 Å². The van der Waals surface area contributed by atoms with Crippen LogP contribution in [-0.4, -0.2) is 44.8 Å². The number of para-hydroxylation sites is 1. The quantitative estimate of drug-likeness (QED) is 0.462. The molecule has 2 N–H and O–H groups in total. The lowest BCUT2D eigenvalue weighted by Crippen LogP contribution is -3.15. The smallest absolute Gasteiger partial charge is 0.245 e. The molecule has 3 aromatic rings. The molecular weight excluding hydrogens is 384 g/mol. The first-order chi connectivity index (χ1) is 15.3. The average Bonchev–Trinajstić information content (AvgIpc) is 2.85. The van der Waals surface area contributed by atoms with E-state index < -0.39 is 0 Å². The summed E-state index contributed by atoms with van der Waals surface area (Å²) in [5.41, 5.74) is 7.25. The number of rotatable bonds is 7. The van der Waals surface area contributed by atoms with Gasteiger partial charge in [0.2, 0.25) is 5.91 Å². The number of carbonyl (C=O) groups excluding carboxylic acids is 1. The molecule has 5 nitrogen and oxygen atoms in total. The first kappa shape index (κ1) is 20.8. The highest BCUT2D eigenvalue weighted by Crippen LogP contribution is 2.18. The van der Waals surface area contributed by atoms with Crippen LogP contribution in [0.5, 0.6) is 0 Å². The fourth-order valence-electron chi connectivity index (χ4n) is 3.89. The van der Waals surface area contributed by atoms with Gasteiger partial charge in [0.05, 0.1) is 45.4 Å². The third-order valence-electron chi connectivity index (χ3n) is 5.72. The van der Waals surface area contributed by atoms with E-state index in [1.807, 2.05) is 36.4 Å². The summed E-state index contributed by atoms with van der Waals surface area (Å²) < 4.78 is 0. The van der Waals surface area contributed by atoms with E-state index in [1.165, 1.54) is 16.2 Å². The highest BCUT2D eigenvalue weighted by atomic mass is 16.2. The summed E-state index contributed by atoms with van der Waals surface area (Å²) in [4.78, 5) is 16.0. The number of hydrazone groups is 1. The number of benzene rings is 3. The van der Waals surface area contributed by atoms with Gasteiger partial charge in [-0.05, 0) is 28.8 Å². The van der Waals surface area contributed by atoms with E-state index in [4.69, 9.17) is 0 Å². The molecule has 0 bridgehead atoms. The van der Waals surface area contributed by atoms with Gasteiger partial charge in [-0.1, -0.05) is 72.8 Å². The molecule has 0 aromatic heterocycles. The SMILES string of the molecule is O=C(CC[NH+]1CCN(c2ccccc2)CC1)N/N=C\c1ccc(-c2ccccc2)cc1. The first-order valence-corrected chi connectivity index (χ1v) is 10.9. The molecule has 0 aliphatic carbocycles. The monoisotopic (exact) mass is 413 g/mol. The molecule has 5 heteroatoms. The third-order valence-corrected chi connectivity index (χ3v) is 5.72. The average molecular weight is 414 g/mol. The second-order valence-corrected chi connectivity index (χ2v) is 7.85. The lowest BCUT2D eigenvalue weighted by molar-refractivity contribution is -0.900. The normalized spacial score (nSPS) is 14.6. The summed E-state index contributed by atoms with van der Waals surface area (Å²) in [7, 11) is 0. The summed E-state index contributed by atoms with van der Waals surface area (Å²) in [6, 6.07) is 28.9. The fourth-order valence-corrected chi connectivity index (χ4v) is 3.89. The Bertz CT molecular complexity index is 979. The highest BCUT2D eigenvalue weighted by Gasteiger charge is 2.20. The van der Waals surface area contributed by atoms with Crippen molar-refractivity contribution in [3.05, 3.63) is 90.5 Å². The zero-order valence-corrected chi connectivity index (χ0v) is 17.7. The van der Waals surface area contributed by atoms with Gasteiger partial charge < -0.3 is 9.80 Å². The summed E-state index contributed by atoms with van der Waals surface area (Å²) in [5.74, 6) is -0.0323. The minimum absolute atomic E-state index is 0.0323. The van der Waals surface area contributed by atoms with Crippen molar-refractivity contribution in [2.24, 2.45) is 5.10 Å². The lowest BCUT2D eigenvalue weighted by Gasteiger charge is -2.33. The Morgan fingerprint density at radius 2 is 1.48 bits per heavy atom. The van der Waals surface area contributed by atoms with E-state index in [2.05, 4.69) is 64.0 Å². The highest BCUT2D eigenvalue weighted by molar-refractivity contribution is 5.83. The number of hydrogen-bond donors (Lipinski definition) is 2. The molecule has 1 aliphatic rings. The number of amides is 1. The molecule has 0 saturated carbocycles. The Kier molecular flexibility index (Phi) is 7.08. The van der Waals surface area contributed by atoms with Crippen LogP contribution in [0, 0.1) is 0 Å².